The monoisotopic (exact) mass is 332 g/mol. The van der Waals surface area contributed by atoms with Crippen LogP contribution in [0.4, 0.5) is 11.5 Å². The number of hydrogen-bond donors (Lipinski definition) is 3. The van der Waals surface area contributed by atoms with Crippen molar-refractivity contribution >= 4 is 44.4 Å². The number of benzene rings is 1. The van der Waals surface area contributed by atoms with Gasteiger partial charge in [-0.3, -0.25) is 0 Å². The van der Waals surface area contributed by atoms with E-state index in [9.17, 15) is 4.79 Å². The highest BCUT2D eigenvalue weighted by Crippen LogP contribution is 2.25. The molecule has 0 aliphatic carbocycles. The molecule has 100 valence electrons. The van der Waals surface area contributed by atoms with Crippen molar-refractivity contribution in [3.8, 4) is 0 Å². The Morgan fingerprint density at radius 3 is 2.90 bits per heavy atom. The largest absolute Gasteiger partial charge is 0.477 e. The van der Waals surface area contributed by atoms with E-state index >= 15 is 0 Å². The van der Waals surface area contributed by atoms with E-state index in [2.05, 4.69) is 36.2 Å². The Balaban J connectivity index is 2.05. The minimum atomic E-state index is -1.03. The zero-order chi connectivity index (χ0) is 14.1. The van der Waals surface area contributed by atoms with Crippen molar-refractivity contribution in [2.24, 2.45) is 0 Å². The van der Waals surface area contributed by atoms with Gasteiger partial charge in [0.15, 0.2) is 0 Å². The van der Waals surface area contributed by atoms with Gasteiger partial charge in [-0.1, -0.05) is 22.0 Å². The number of rotatable bonds is 3. The number of aromatic nitrogens is 3. The summed E-state index contributed by atoms with van der Waals surface area (Å²) in [5.74, 6) is -0.478. The highest BCUT2D eigenvalue weighted by Gasteiger charge is 2.12. The van der Waals surface area contributed by atoms with Crippen LogP contribution < -0.4 is 5.32 Å². The first-order valence-electron chi connectivity index (χ1n) is 5.73. The molecule has 0 radical (unpaired) electrons. The van der Waals surface area contributed by atoms with Crippen LogP contribution in [0.5, 0.6) is 0 Å². The normalized spacial score (nSPS) is 10.7. The second kappa shape index (κ2) is 4.93. The number of H-pyrrole nitrogens is 1. The summed E-state index contributed by atoms with van der Waals surface area (Å²) in [4.78, 5) is 21.9. The summed E-state index contributed by atoms with van der Waals surface area (Å²) >= 11 is 3.39. The fourth-order valence-electron chi connectivity index (χ4n) is 1.86. The molecule has 2 heterocycles. The summed E-state index contributed by atoms with van der Waals surface area (Å²) in [5, 5.41) is 12.8. The standard InChI is InChI=1S/C13H9BrN4O2/c14-7-2-1-3-8(4-7)17-11-9-5-10(13(19)20)18-12(9)16-6-15-11/h1-6H,(H,19,20)(H2,15,16,17,18). The molecule has 0 saturated carbocycles. The number of nitrogens with one attached hydrogen (secondary N) is 2. The number of nitrogens with zero attached hydrogens (tertiary/aromatic N) is 2. The van der Waals surface area contributed by atoms with Gasteiger partial charge in [0.2, 0.25) is 0 Å². The van der Waals surface area contributed by atoms with Crippen molar-refractivity contribution in [2.75, 3.05) is 5.32 Å². The molecular formula is C13H9BrN4O2. The Morgan fingerprint density at radius 2 is 2.15 bits per heavy atom. The van der Waals surface area contributed by atoms with Crippen LogP contribution in [0.3, 0.4) is 0 Å². The van der Waals surface area contributed by atoms with E-state index < -0.39 is 5.97 Å². The minimum absolute atomic E-state index is 0.0813. The molecule has 0 aliphatic heterocycles. The van der Waals surface area contributed by atoms with Gasteiger partial charge in [0.05, 0.1) is 5.39 Å². The van der Waals surface area contributed by atoms with Crippen LogP contribution in [0.1, 0.15) is 10.5 Å². The topological polar surface area (TPSA) is 90.9 Å². The summed E-state index contributed by atoms with van der Waals surface area (Å²) in [6.07, 6.45) is 1.38. The fraction of sp³-hybridized carbons (Fsp3) is 0. The highest BCUT2D eigenvalue weighted by molar-refractivity contribution is 9.10. The number of carboxylic acid groups (broad SMARTS) is 1. The average molecular weight is 333 g/mol. The zero-order valence-corrected chi connectivity index (χ0v) is 11.7. The first-order chi connectivity index (χ1) is 9.63. The van der Waals surface area contributed by atoms with Crippen LogP contribution in [0.25, 0.3) is 11.0 Å². The van der Waals surface area contributed by atoms with Crippen molar-refractivity contribution < 1.29 is 9.90 Å². The molecule has 20 heavy (non-hydrogen) atoms. The summed E-state index contributed by atoms with van der Waals surface area (Å²) < 4.78 is 0.938. The van der Waals surface area contributed by atoms with Gasteiger partial charge in [-0.25, -0.2) is 14.8 Å². The van der Waals surface area contributed by atoms with E-state index in [-0.39, 0.29) is 5.69 Å². The first-order valence-corrected chi connectivity index (χ1v) is 6.52. The molecule has 1 aromatic carbocycles. The number of aromatic amines is 1. The van der Waals surface area contributed by atoms with Gasteiger partial charge in [-0.05, 0) is 24.3 Å². The fourth-order valence-corrected chi connectivity index (χ4v) is 2.26. The lowest BCUT2D eigenvalue weighted by molar-refractivity contribution is 0.0691. The number of hydrogen-bond acceptors (Lipinski definition) is 4. The maximum atomic E-state index is 11.0. The molecule has 0 spiro atoms. The van der Waals surface area contributed by atoms with Crippen LogP contribution >= 0.6 is 15.9 Å². The molecular weight excluding hydrogens is 324 g/mol. The van der Waals surface area contributed by atoms with E-state index in [1.165, 1.54) is 12.4 Å². The average Bonchev–Trinajstić information content (AvgIpc) is 2.84. The smallest absolute Gasteiger partial charge is 0.352 e. The second-order valence-electron chi connectivity index (χ2n) is 4.11. The lowest BCUT2D eigenvalue weighted by Crippen LogP contribution is -1.94. The Kier molecular flexibility index (Phi) is 3.11. The molecule has 0 fully saturated rings. The molecule has 7 heteroatoms. The summed E-state index contributed by atoms with van der Waals surface area (Å²) in [7, 11) is 0. The van der Waals surface area contributed by atoms with Crippen molar-refractivity contribution in [1.29, 1.82) is 0 Å². The van der Waals surface area contributed by atoms with Gasteiger partial charge in [0, 0.05) is 10.2 Å². The van der Waals surface area contributed by atoms with Crippen LogP contribution in [0, 0.1) is 0 Å². The molecule has 3 rings (SSSR count). The van der Waals surface area contributed by atoms with Crippen molar-refractivity contribution in [3.05, 3.63) is 46.8 Å². The maximum Gasteiger partial charge on any atom is 0.352 e. The number of carbonyl (C=O) groups is 1. The Morgan fingerprint density at radius 1 is 1.30 bits per heavy atom. The van der Waals surface area contributed by atoms with Crippen molar-refractivity contribution in [2.45, 2.75) is 0 Å². The van der Waals surface area contributed by atoms with Gasteiger partial charge < -0.3 is 15.4 Å². The number of aromatic carboxylic acids is 1. The van der Waals surface area contributed by atoms with Gasteiger partial charge in [-0.2, -0.15) is 0 Å². The number of fused-ring (bicyclic) bond motifs is 1. The van der Waals surface area contributed by atoms with Crippen LogP contribution in [-0.4, -0.2) is 26.0 Å². The molecule has 3 aromatic rings. The molecule has 2 aromatic heterocycles. The summed E-state index contributed by atoms with van der Waals surface area (Å²) in [6, 6.07) is 9.12. The molecule has 6 nitrogen and oxygen atoms in total. The van der Waals surface area contributed by atoms with Crippen LogP contribution in [0.2, 0.25) is 0 Å². The van der Waals surface area contributed by atoms with Gasteiger partial charge in [0.25, 0.3) is 0 Å². The van der Waals surface area contributed by atoms with Crippen LogP contribution in [-0.2, 0) is 0 Å². The molecule has 0 aliphatic rings. The summed E-state index contributed by atoms with van der Waals surface area (Å²) in [6.45, 7) is 0. The number of carboxylic acids is 1. The Hall–Kier alpha value is -2.41. The number of halogens is 1. The quantitative estimate of drug-likeness (QED) is 0.685. The summed E-state index contributed by atoms with van der Waals surface area (Å²) in [5.41, 5.74) is 1.41. The number of anilines is 2. The van der Waals surface area contributed by atoms with E-state index in [1.54, 1.807) is 0 Å². The third kappa shape index (κ3) is 2.35. The van der Waals surface area contributed by atoms with Crippen molar-refractivity contribution in [3.63, 3.8) is 0 Å². The SMILES string of the molecule is O=C(O)c1cc2c(Nc3cccc(Br)c3)ncnc2[nH]1. The molecule has 0 bridgehead atoms. The molecule has 0 amide bonds. The lowest BCUT2D eigenvalue weighted by Gasteiger charge is -2.06. The first kappa shape index (κ1) is 12.6. The third-order valence-electron chi connectivity index (χ3n) is 2.74. The molecule has 0 unspecified atom stereocenters. The van der Waals surface area contributed by atoms with Gasteiger partial charge in [-0.15, -0.1) is 0 Å². The van der Waals surface area contributed by atoms with Crippen LogP contribution in [0.15, 0.2) is 41.1 Å². The second-order valence-corrected chi connectivity index (χ2v) is 5.02. The third-order valence-corrected chi connectivity index (χ3v) is 3.24. The highest BCUT2D eigenvalue weighted by atomic mass is 79.9. The zero-order valence-electron chi connectivity index (χ0n) is 10.1. The molecule has 0 atom stereocenters. The van der Waals surface area contributed by atoms with E-state index in [0.29, 0.717) is 16.9 Å². The molecule has 0 saturated heterocycles. The van der Waals surface area contributed by atoms with Crippen molar-refractivity contribution in [1.82, 2.24) is 15.0 Å². The maximum absolute atomic E-state index is 11.0. The lowest BCUT2D eigenvalue weighted by atomic mass is 10.3. The predicted molar refractivity (Wildman–Crippen MR) is 78.3 cm³/mol. The van der Waals surface area contributed by atoms with E-state index in [0.717, 1.165) is 10.2 Å². The van der Waals surface area contributed by atoms with E-state index in [1.807, 2.05) is 24.3 Å². The Labute approximate surface area is 122 Å². The minimum Gasteiger partial charge on any atom is -0.477 e. The Bertz CT molecular complexity index is 800. The predicted octanol–water partition coefficient (Wildman–Crippen LogP) is 3.16. The molecule has 3 N–H and O–H groups in total. The van der Waals surface area contributed by atoms with Gasteiger partial charge in [0.1, 0.15) is 23.5 Å². The van der Waals surface area contributed by atoms with E-state index in [4.69, 9.17) is 5.11 Å². The van der Waals surface area contributed by atoms with Gasteiger partial charge >= 0.3 is 5.97 Å².